The number of carbonyl (C=O) groups excluding carboxylic acids is 3. The van der Waals surface area contributed by atoms with Crippen LogP contribution in [0.2, 0.25) is 0 Å². The Labute approximate surface area is 101 Å². The van der Waals surface area contributed by atoms with Gasteiger partial charge in [0.1, 0.15) is 12.6 Å². The van der Waals surface area contributed by atoms with E-state index in [1.54, 1.807) is 0 Å². The molecule has 0 heterocycles. The molecule has 11 nitrogen and oxygen atoms in total. The topological polar surface area (TPSA) is 200 Å². The number of esters is 1. The molecule has 18 heavy (non-hydrogen) atoms. The van der Waals surface area contributed by atoms with Crippen LogP contribution >= 0.6 is 0 Å². The van der Waals surface area contributed by atoms with Crippen LogP contribution < -0.4 is 27.8 Å². The van der Waals surface area contributed by atoms with E-state index >= 15 is 0 Å². The zero-order valence-electron chi connectivity index (χ0n) is 9.08. The maximum Gasteiger partial charge on any atom is 0.349 e. The largest absolute Gasteiger partial charge is 0.480 e. The lowest BCUT2D eigenvalue weighted by molar-refractivity contribution is -0.150. The van der Waals surface area contributed by atoms with Crippen molar-refractivity contribution in [2.24, 2.45) is 17.2 Å². The monoisotopic (exact) mass is 263 g/mol. The molecule has 0 aromatic rings. The number of nitrogens with two attached hydrogens (primary N) is 3. The third-order valence-electron chi connectivity index (χ3n) is 1.53. The number of aliphatic carboxylic acids is 1. The second kappa shape index (κ2) is 6.90. The molecule has 0 spiro atoms. The first-order chi connectivity index (χ1) is 8.23. The van der Waals surface area contributed by atoms with Gasteiger partial charge in [0.05, 0.1) is 0 Å². The van der Waals surface area contributed by atoms with Crippen LogP contribution in [-0.4, -0.2) is 47.9 Å². The van der Waals surface area contributed by atoms with E-state index in [-0.39, 0.29) is 0 Å². The Morgan fingerprint density at radius 2 is 1.56 bits per heavy atom. The predicted molar refractivity (Wildman–Crippen MR) is 55.8 cm³/mol. The van der Waals surface area contributed by atoms with Crippen molar-refractivity contribution in [1.82, 2.24) is 10.6 Å². The summed E-state index contributed by atoms with van der Waals surface area (Å²) in [4.78, 5) is 42.7. The molecule has 0 aliphatic carbocycles. The molecule has 0 aliphatic rings. The van der Waals surface area contributed by atoms with Crippen molar-refractivity contribution in [3.8, 4) is 0 Å². The summed E-state index contributed by atoms with van der Waals surface area (Å²) in [6, 6.07) is -3.67. The fourth-order valence-corrected chi connectivity index (χ4v) is 0.765. The van der Waals surface area contributed by atoms with Gasteiger partial charge in [-0.3, -0.25) is 4.79 Å². The van der Waals surface area contributed by atoms with Crippen molar-refractivity contribution in [3.05, 3.63) is 0 Å². The molecule has 0 unspecified atom stereocenters. The van der Waals surface area contributed by atoms with Crippen molar-refractivity contribution in [2.45, 2.75) is 12.2 Å². The molecule has 0 aromatic heterocycles. The van der Waals surface area contributed by atoms with Gasteiger partial charge in [0.2, 0.25) is 6.17 Å². The summed E-state index contributed by atoms with van der Waals surface area (Å²) < 4.78 is 4.44. The fraction of sp³-hybridized carbons (Fsp3) is 0.429. The fourth-order valence-electron chi connectivity index (χ4n) is 0.765. The molecule has 0 aliphatic heterocycles. The third-order valence-corrected chi connectivity index (χ3v) is 1.53. The van der Waals surface area contributed by atoms with E-state index in [1.807, 2.05) is 10.6 Å². The summed E-state index contributed by atoms with van der Waals surface area (Å²) in [5.74, 6) is -2.55. The average Bonchev–Trinajstić information content (AvgIpc) is 2.22. The number of carbonyl (C=O) groups is 4. The zero-order chi connectivity index (χ0) is 14.3. The Hall–Kier alpha value is -2.56. The Morgan fingerprint density at radius 1 is 1.11 bits per heavy atom. The molecule has 0 aromatic carbocycles. The highest BCUT2D eigenvalue weighted by molar-refractivity contribution is 5.86. The summed E-state index contributed by atoms with van der Waals surface area (Å²) in [5, 5.41) is 12.1. The molecule has 0 saturated carbocycles. The maximum atomic E-state index is 11.3. The van der Waals surface area contributed by atoms with Crippen LogP contribution in [0.1, 0.15) is 0 Å². The Balaban J connectivity index is 4.41. The van der Waals surface area contributed by atoms with Crippen molar-refractivity contribution >= 4 is 24.0 Å². The highest BCUT2D eigenvalue weighted by Crippen LogP contribution is 1.89. The van der Waals surface area contributed by atoms with Gasteiger partial charge < -0.3 is 37.7 Å². The number of primary amides is 2. The van der Waals surface area contributed by atoms with Crippen molar-refractivity contribution in [2.75, 3.05) is 6.61 Å². The van der Waals surface area contributed by atoms with Gasteiger partial charge in [-0.2, -0.15) is 0 Å². The third kappa shape index (κ3) is 6.12. The minimum absolute atomic E-state index is 0.647. The van der Waals surface area contributed by atoms with Gasteiger partial charge in [-0.05, 0) is 0 Å². The van der Waals surface area contributed by atoms with E-state index in [2.05, 4.69) is 4.74 Å². The summed E-state index contributed by atoms with van der Waals surface area (Å²) >= 11 is 0. The number of urea groups is 2. The van der Waals surface area contributed by atoms with Crippen LogP contribution in [0.4, 0.5) is 9.59 Å². The van der Waals surface area contributed by atoms with Crippen LogP contribution in [0.25, 0.3) is 0 Å². The first-order valence-corrected chi connectivity index (χ1v) is 4.51. The molecular formula is C7H13N5O6. The molecule has 1 atom stereocenters. The van der Waals surface area contributed by atoms with Gasteiger partial charge in [-0.15, -0.1) is 0 Å². The van der Waals surface area contributed by atoms with E-state index in [4.69, 9.17) is 22.3 Å². The van der Waals surface area contributed by atoms with Crippen molar-refractivity contribution in [1.29, 1.82) is 0 Å². The molecule has 0 rings (SSSR count). The lowest BCUT2D eigenvalue weighted by atomic mass is 10.3. The number of carboxylic acids is 1. The number of nitrogens with one attached hydrogen (secondary N) is 2. The minimum Gasteiger partial charge on any atom is -0.480 e. The molecule has 0 bridgehead atoms. The number of hydrogen-bond acceptors (Lipinski definition) is 6. The van der Waals surface area contributed by atoms with Crippen LogP contribution in [-0.2, 0) is 14.3 Å². The molecule has 0 saturated heterocycles. The lowest BCUT2D eigenvalue weighted by Crippen LogP contribution is -2.56. The molecule has 11 heteroatoms. The quantitative estimate of drug-likeness (QED) is 0.212. The van der Waals surface area contributed by atoms with Crippen LogP contribution in [0.5, 0.6) is 0 Å². The summed E-state index contributed by atoms with van der Waals surface area (Å²) in [5.41, 5.74) is 14.6. The molecular weight excluding hydrogens is 250 g/mol. The van der Waals surface area contributed by atoms with E-state index in [9.17, 15) is 19.2 Å². The smallest absolute Gasteiger partial charge is 0.349 e. The van der Waals surface area contributed by atoms with Crippen molar-refractivity contribution < 1.29 is 29.0 Å². The number of rotatable bonds is 6. The first-order valence-electron chi connectivity index (χ1n) is 4.51. The SMILES string of the molecule is NC(=O)NC(NC(N)=O)C(=O)OC[C@H](N)C(=O)O. The summed E-state index contributed by atoms with van der Waals surface area (Å²) in [7, 11) is 0. The predicted octanol–water partition coefficient (Wildman–Crippen LogP) is -3.40. The van der Waals surface area contributed by atoms with Gasteiger partial charge in [0.15, 0.2) is 0 Å². The molecule has 4 amide bonds. The summed E-state index contributed by atoms with van der Waals surface area (Å²) in [6.07, 6.45) is -1.62. The van der Waals surface area contributed by atoms with E-state index in [1.165, 1.54) is 0 Å². The number of amides is 4. The second-order valence-electron chi connectivity index (χ2n) is 3.02. The van der Waals surface area contributed by atoms with Gasteiger partial charge in [-0.25, -0.2) is 14.4 Å². The maximum absolute atomic E-state index is 11.3. The number of ether oxygens (including phenoxy) is 1. The first kappa shape index (κ1) is 15.4. The summed E-state index contributed by atoms with van der Waals surface area (Å²) in [6.45, 7) is -0.647. The van der Waals surface area contributed by atoms with Gasteiger partial charge >= 0.3 is 24.0 Å². The number of carboxylic acid groups (broad SMARTS) is 1. The second-order valence-corrected chi connectivity index (χ2v) is 3.02. The average molecular weight is 263 g/mol. The Kier molecular flexibility index (Phi) is 5.92. The zero-order valence-corrected chi connectivity index (χ0v) is 9.08. The van der Waals surface area contributed by atoms with Crippen LogP contribution in [0.15, 0.2) is 0 Å². The standard InChI is InChI=1S/C7H13N5O6/c8-2(4(13)14)1-18-5(15)3(11-6(9)16)12-7(10)17/h2-3H,1,8H2,(H,13,14)(H3,9,11,16)(H3,10,12,17)/t2-/m0/s1. The molecule has 0 fully saturated rings. The van der Waals surface area contributed by atoms with Crippen molar-refractivity contribution in [3.63, 3.8) is 0 Å². The molecule has 102 valence electrons. The van der Waals surface area contributed by atoms with Gasteiger partial charge in [0, 0.05) is 0 Å². The molecule has 0 radical (unpaired) electrons. The highest BCUT2D eigenvalue weighted by Gasteiger charge is 2.24. The lowest BCUT2D eigenvalue weighted by Gasteiger charge is -2.17. The minimum atomic E-state index is -1.62. The number of hydrogen-bond donors (Lipinski definition) is 6. The molecule has 9 N–H and O–H groups in total. The van der Waals surface area contributed by atoms with Crippen LogP contribution in [0.3, 0.4) is 0 Å². The van der Waals surface area contributed by atoms with Gasteiger partial charge in [0.25, 0.3) is 0 Å². The Bertz CT molecular complexity index is 342. The van der Waals surface area contributed by atoms with Gasteiger partial charge in [-0.1, -0.05) is 0 Å². The van der Waals surface area contributed by atoms with E-state index < -0.39 is 42.8 Å². The Morgan fingerprint density at radius 3 is 1.89 bits per heavy atom. The normalized spacial score (nSPS) is 11.4. The highest BCUT2D eigenvalue weighted by atomic mass is 16.5. The van der Waals surface area contributed by atoms with E-state index in [0.717, 1.165) is 0 Å². The van der Waals surface area contributed by atoms with Crippen LogP contribution in [0, 0.1) is 0 Å². The van der Waals surface area contributed by atoms with E-state index in [0.29, 0.717) is 0 Å².